The zero-order valence-corrected chi connectivity index (χ0v) is 12.2. The second kappa shape index (κ2) is 7.74. The topological polar surface area (TPSA) is 44.4 Å². The Morgan fingerprint density at radius 3 is 2.39 bits per heavy atom. The van der Waals surface area contributed by atoms with Crippen molar-refractivity contribution >= 4 is 5.91 Å². The number of piperidine rings is 1. The standard InChI is InChI=1S/C14H29N3O/c1-14(2,3)16-8-7-13(18)15-9-12-17-10-5-4-6-11-17/h16H,4-12H2,1-3H3,(H,15,18). The molecule has 0 aromatic rings. The third-order valence-electron chi connectivity index (χ3n) is 3.21. The molecule has 1 heterocycles. The fraction of sp³-hybridized carbons (Fsp3) is 0.929. The van der Waals surface area contributed by atoms with Crippen LogP contribution in [0.3, 0.4) is 0 Å². The Hall–Kier alpha value is -0.610. The summed E-state index contributed by atoms with van der Waals surface area (Å²) in [6.07, 6.45) is 4.55. The number of nitrogens with one attached hydrogen (secondary N) is 2. The van der Waals surface area contributed by atoms with Crippen LogP contribution in [0.15, 0.2) is 0 Å². The van der Waals surface area contributed by atoms with Crippen LogP contribution in [0, 0.1) is 0 Å². The van der Waals surface area contributed by atoms with Gasteiger partial charge in [0.25, 0.3) is 0 Å². The van der Waals surface area contributed by atoms with Crippen LogP contribution in [-0.2, 0) is 4.79 Å². The monoisotopic (exact) mass is 255 g/mol. The summed E-state index contributed by atoms with van der Waals surface area (Å²) in [6.45, 7) is 11.3. The molecule has 1 aliphatic heterocycles. The van der Waals surface area contributed by atoms with E-state index in [1.807, 2.05) is 0 Å². The minimum atomic E-state index is 0.0914. The molecule has 0 radical (unpaired) electrons. The lowest BCUT2D eigenvalue weighted by molar-refractivity contribution is -0.121. The molecule has 0 atom stereocenters. The summed E-state index contributed by atoms with van der Waals surface area (Å²) >= 11 is 0. The summed E-state index contributed by atoms with van der Waals surface area (Å²) in [5.74, 6) is 0.156. The number of nitrogens with zero attached hydrogens (tertiary/aromatic N) is 1. The molecule has 2 N–H and O–H groups in total. The molecule has 0 bridgehead atoms. The number of hydrogen-bond acceptors (Lipinski definition) is 3. The van der Waals surface area contributed by atoms with Crippen molar-refractivity contribution in [2.24, 2.45) is 0 Å². The molecular weight excluding hydrogens is 226 g/mol. The molecule has 1 aliphatic rings. The highest BCUT2D eigenvalue weighted by molar-refractivity contribution is 5.76. The Balaban J connectivity index is 1.99. The Morgan fingerprint density at radius 2 is 1.78 bits per heavy atom. The quantitative estimate of drug-likeness (QED) is 0.753. The summed E-state index contributed by atoms with van der Waals surface area (Å²) < 4.78 is 0. The highest BCUT2D eigenvalue weighted by Crippen LogP contribution is 2.07. The average Bonchev–Trinajstić information content (AvgIpc) is 2.28. The van der Waals surface area contributed by atoms with Gasteiger partial charge in [0.1, 0.15) is 0 Å². The van der Waals surface area contributed by atoms with E-state index in [0.29, 0.717) is 6.42 Å². The molecule has 1 fully saturated rings. The molecule has 4 nitrogen and oxygen atoms in total. The van der Waals surface area contributed by atoms with Gasteiger partial charge in [0.2, 0.25) is 5.91 Å². The van der Waals surface area contributed by atoms with Crippen LogP contribution < -0.4 is 10.6 Å². The van der Waals surface area contributed by atoms with Crippen LogP contribution in [0.1, 0.15) is 46.5 Å². The Kier molecular flexibility index (Phi) is 6.65. The first-order valence-electron chi connectivity index (χ1n) is 7.21. The Labute approximate surface area is 111 Å². The van der Waals surface area contributed by atoms with E-state index in [1.165, 1.54) is 32.4 Å². The number of rotatable bonds is 6. The van der Waals surface area contributed by atoms with Gasteiger partial charge < -0.3 is 15.5 Å². The number of carbonyl (C=O) groups excluding carboxylic acids is 1. The van der Waals surface area contributed by atoms with Gasteiger partial charge in [-0.15, -0.1) is 0 Å². The Morgan fingerprint density at radius 1 is 1.11 bits per heavy atom. The number of likely N-dealkylation sites (tertiary alicyclic amines) is 1. The van der Waals surface area contributed by atoms with Crippen molar-refractivity contribution < 1.29 is 4.79 Å². The van der Waals surface area contributed by atoms with Crippen molar-refractivity contribution in [2.75, 3.05) is 32.7 Å². The molecule has 0 aromatic carbocycles. The smallest absolute Gasteiger partial charge is 0.221 e. The van der Waals surface area contributed by atoms with Crippen molar-refractivity contribution in [3.05, 3.63) is 0 Å². The van der Waals surface area contributed by atoms with Gasteiger partial charge in [-0.05, 0) is 46.7 Å². The molecule has 1 saturated heterocycles. The van der Waals surface area contributed by atoms with E-state index >= 15 is 0 Å². The van der Waals surface area contributed by atoms with Crippen LogP contribution in [0.2, 0.25) is 0 Å². The van der Waals surface area contributed by atoms with Gasteiger partial charge in [-0.3, -0.25) is 4.79 Å². The highest BCUT2D eigenvalue weighted by atomic mass is 16.1. The van der Waals surface area contributed by atoms with E-state index in [1.54, 1.807) is 0 Å². The maximum Gasteiger partial charge on any atom is 0.221 e. The van der Waals surface area contributed by atoms with Crippen LogP contribution in [0.4, 0.5) is 0 Å². The van der Waals surface area contributed by atoms with E-state index in [2.05, 4.69) is 36.3 Å². The van der Waals surface area contributed by atoms with Gasteiger partial charge in [0.05, 0.1) is 0 Å². The summed E-state index contributed by atoms with van der Waals surface area (Å²) in [5.41, 5.74) is 0.0914. The first-order chi connectivity index (χ1) is 8.47. The summed E-state index contributed by atoms with van der Waals surface area (Å²) in [5, 5.41) is 6.32. The van der Waals surface area contributed by atoms with Crippen LogP contribution in [-0.4, -0.2) is 49.1 Å². The zero-order chi connectivity index (χ0) is 13.4. The molecule has 1 amide bonds. The lowest BCUT2D eigenvalue weighted by Crippen LogP contribution is -2.40. The van der Waals surface area contributed by atoms with Crippen molar-refractivity contribution in [2.45, 2.75) is 52.0 Å². The van der Waals surface area contributed by atoms with Crippen molar-refractivity contribution in [3.63, 3.8) is 0 Å². The van der Waals surface area contributed by atoms with Crippen molar-refractivity contribution in [3.8, 4) is 0 Å². The lowest BCUT2D eigenvalue weighted by atomic mass is 10.1. The summed E-state index contributed by atoms with van der Waals surface area (Å²) in [7, 11) is 0. The predicted molar refractivity (Wildman–Crippen MR) is 75.7 cm³/mol. The van der Waals surface area contributed by atoms with Gasteiger partial charge in [-0.25, -0.2) is 0 Å². The molecule has 0 saturated carbocycles. The summed E-state index contributed by atoms with van der Waals surface area (Å²) in [6, 6.07) is 0. The molecule has 0 unspecified atom stereocenters. The molecule has 106 valence electrons. The van der Waals surface area contributed by atoms with E-state index in [0.717, 1.165) is 19.6 Å². The Bertz CT molecular complexity index is 242. The summed E-state index contributed by atoms with van der Waals surface area (Å²) in [4.78, 5) is 14.0. The van der Waals surface area contributed by atoms with Crippen LogP contribution >= 0.6 is 0 Å². The van der Waals surface area contributed by atoms with Gasteiger partial charge in [-0.1, -0.05) is 6.42 Å². The zero-order valence-electron chi connectivity index (χ0n) is 12.2. The molecule has 0 aromatic heterocycles. The number of hydrogen-bond donors (Lipinski definition) is 2. The van der Waals surface area contributed by atoms with E-state index in [4.69, 9.17) is 0 Å². The SMILES string of the molecule is CC(C)(C)NCCC(=O)NCCN1CCCCC1. The normalized spacial score (nSPS) is 17.7. The molecule has 4 heteroatoms. The largest absolute Gasteiger partial charge is 0.355 e. The molecule has 18 heavy (non-hydrogen) atoms. The van der Waals surface area contributed by atoms with Gasteiger partial charge in [0, 0.05) is 31.6 Å². The minimum Gasteiger partial charge on any atom is -0.355 e. The minimum absolute atomic E-state index is 0.0914. The van der Waals surface area contributed by atoms with Gasteiger partial charge in [0.15, 0.2) is 0 Å². The van der Waals surface area contributed by atoms with Crippen molar-refractivity contribution in [1.82, 2.24) is 15.5 Å². The fourth-order valence-corrected chi connectivity index (χ4v) is 2.18. The maximum absolute atomic E-state index is 11.6. The maximum atomic E-state index is 11.6. The van der Waals surface area contributed by atoms with Gasteiger partial charge >= 0.3 is 0 Å². The van der Waals surface area contributed by atoms with E-state index in [-0.39, 0.29) is 11.4 Å². The molecule has 0 aliphatic carbocycles. The van der Waals surface area contributed by atoms with Crippen molar-refractivity contribution in [1.29, 1.82) is 0 Å². The first kappa shape index (κ1) is 15.4. The first-order valence-corrected chi connectivity index (χ1v) is 7.21. The third kappa shape index (κ3) is 7.67. The second-order valence-electron chi connectivity index (χ2n) is 6.18. The number of carbonyl (C=O) groups is 1. The molecular formula is C14H29N3O. The molecule has 0 spiro atoms. The second-order valence-corrected chi connectivity index (χ2v) is 6.18. The third-order valence-corrected chi connectivity index (χ3v) is 3.21. The number of amides is 1. The van der Waals surface area contributed by atoms with E-state index in [9.17, 15) is 4.79 Å². The lowest BCUT2D eigenvalue weighted by Gasteiger charge is -2.26. The van der Waals surface area contributed by atoms with Crippen LogP contribution in [0.25, 0.3) is 0 Å². The average molecular weight is 255 g/mol. The fourth-order valence-electron chi connectivity index (χ4n) is 2.18. The predicted octanol–water partition coefficient (Wildman–Crippen LogP) is 1.37. The van der Waals surface area contributed by atoms with Crippen LogP contribution in [0.5, 0.6) is 0 Å². The van der Waals surface area contributed by atoms with Gasteiger partial charge in [-0.2, -0.15) is 0 Å². The van der Waals surface area contributed by atoms with E-state index < -0.39 is 0 Å². The highest BCUT2D eigenvalue weighted by Gasteiger charge is 2.11. The molecule has 1 rings (SSSR count).